The molecule has 1 aliphatic rings. The summed E-state index contributed by atoms with van der Waals surface area (Å²) in [5.74, 6) is -0.0704. The van der Waals surface area contributed by atoms with Gasteiger partial charge in [-0.15, -0.1) is 0 Å². The summed E-state index contributed by atoms with van der Waals surface area (Å²) in [7, 11) is 2.15. The van der Waals surface area contributed by atoms with Crippen LogP contribution in [0.3, 0.4) is 0 Å². The van der Waals surface area contributed by atoms with Crippen LogP contribution < -0.4 is 0 Å². The van der Waals surface area contributed by atoms with Crippen LogP contribution in [-0.4, -0.2) is 60.6 Å². The van der Waals surface area contributed by atoms with Gasteiger partial charge >= 0.3 is 5.97 Å². The van der Waals surface area contributed by atoms with Crippen LogP contribution in [0.2, 0.25) is 0 Å². The lowest BCUT2D eigenvalue weighted by Gasteiger charge is -2.44. The Morgan fingerprint density at radius 1 is 1.29 bits per heavy atom. The number of likely N-dealkylation sites (N-methyl/N-ethyl adjacent to an activating group) is 1. The number of carbonyl (C=O) groups is 1. The molecule has 1 rings (SSSR count). The standard InChI is InChI=1S/C13H26N2O2/c1-6-12(13(16)17-7-2)15-8-10(3)14(5)11(4)9-15/h10-12H,6-9H2,1-5H3. The van der Waals surface area contributed by atoms with Crippen LogP contribution in [0, 0.1) is 0 Å². The van der Waals surface area contributed by atoms with Crippen LogP contribution in [0.15, 0.2) is 0 Å². The van der Waals surface area contributed by atoms with E-state index in [9.17, 15) is 4.79 Å². The quantitative estimate of drug-likeness (QED) is 0.697. The Kier molecular flexibility index (Phi) is 5.40. The highest BCUT2D eigenvalue weighted by Crippen LogP contribution is 2.18. The first-order valence-corrected chi connectivity index (χ1v) is 6.63. The fraction of sp³-hybridized carbons (Fsp3) is 0.923. The number of piperazine rings is 1. The Bertz CT molecular complexity index is 246. The number of rotatable bonds is 4. The third kappa shape index (κ3) is 3.42. The third-order valence-electron chi connectivity index (χ3n) is 3.77. The lowest BCUT2D eigenvalue weighted by atomic mass is 10.1. The summed E-state index contributed by atoms with van der Waals surface area (Å²) in [5.41, 5.74) is 0. The highest BCUT2D eigenvalue weighted by molar-refractivity contribution is 5.75. The normalized spacial score (nSPS) is 29.0. The van der Waals surface area contributed by atoms with Crippen molar-refractivity contribution in [3.63, 3.8) is 0 Å². The molecule has 1 fully saturated rings. The summed E-state index contributed by atoms with van der Waals surface area (Å²) < 4.78 is 5.15. The Balaban J connectivity index is 2.66. The van der Waals surface area contributed by atoms with E-state index >= 15 is 0 Å². The highest BCUT2D eigenvalue weighted by Gasteiger charge is 2.33. The predicted molar refractivity (Wildman–Crippen MR) is 69.0 cm³/mol. The maximum atomic E-state index is 11.9. The van der Waals surface area contributed by atoms with Gasteiger partial charge in [-0.1, -0.05) is 6.92 Å². The van der Waals surface area contributed by atoms with Crippen LogP contribution in [-0.2, 0) is 9.53 Å². The molecule has 0 spiro atoms. The van der Waals surface area contributed by atoms with Crippen LogP contribution in [0.4, 0.5) is 0 Å². The van der Waals surface area contributed by atoms with Crippen molar-refractivity contribution in [2.45, 2.75) is 52.2 Å². The molecular formula is C13H26N2O2. The van der Waals surface area contributed by atoms with Crippen molar-refractivity contribution in [2.24, 2.45) is 0 Å². The lowest BCUT2D eigenvalue weighted by molar-refractivity contribution is -0.151. The van der Waals surface area contributed by atoms with Crippen LogP contribution >= 0.6 is 0 Å². The molecule has 0 aromatic carbocycles. The first-order valence-electron chi connectivity index (χ1n) is 6.63. The summed E-state index contributed by atoms with van der Waals surface area (Å²) in [6.07, 6.45) is 0.821. The van der Waals surface area contributed by atoms with Crippen molar-refractivity contribution >= 4 is 5.97 Å². The summed E-state index contributed by atoms with van der Waals surface area (Å²) in [5, 5.41) is 0. The molecule has 4 nitrogen and oxygen atoms in total. The molecule has 0 aromatic rings. The minimum atomic E-state index is -0.0754. The van der Waals surface area contributed by atoms with Crippen LogP contribution in [0.5, 0.6) is 0 Å². The minimum absolute atomic E-state index is 0.0704. The van der Waals surface area contributed by atoms with E-state index in [1.54, 1.807) is 0 Å². The Morgan fingerprint density at radius 2 is 1.82 bits per heavy atom. The molecular weight excluding hydrogens is 216 g/mol. The van der Waals surface area contributed by atoms with Gasteiger partial charge in [0, 0.05) is 25.2 Å². The molecule has 1 aliphatic heterocycles. The monoisotopic (exact) mass is 242 g/mol. The van der Waals surface area contributed by atoms with Gasteiger partial charge in [0.1, 0.15) is 6.04 Å². The number of hydrogen-bond donors (Lipinski definition) is 0. The molecule has 17 heavy (non-hydrogen) atoms. The van der Waals surface area contributed by atoms with Gasteiger partial charge in [0.25, 0.3) is 0 Å². The van der Waals surface area contributed by atoms with Crippen molar-refractivity contribution in [1.82, 2.24) is 9.80 Å². The van der Waals surface area contributed by atoms with E-state index in [1.807, 2.05) is 6.92 Å². The summed E-state index contributed by atoms with van der Waals surface area (Å²) in [6.45, 7) is 10.7. The zero-order valence-corrected chi connectivity index (χ0v) is 11.8. The summed E-state index contributed by atoms with van der Waals surface area (Å²) >= 11 is 0. The predicted octanol–water partition coefficient (Wildman–Crippen LogP) is 1.35. The topological polar surface area (TPSA) is 32.8 Å². The second-order valence-electron chi connectivity index (χ2n) is 4.99. The number of hydrogen-bond acceptors (Lipinski definition) is 4. The molecule has 3 atom stereocenters. The van der Waals surface area contributed by atoms with Gasteiger partial charge in [0.2, 0.25) is 0 Å². The first-order chi connectivity index (χ1) is 8.01. The smallest absolute Gasteiger partial charge is 0.323 e. The fourth-order valence-electron chi connectivity index (χ4n) is 2.51. The van der Waals surface area contributed by atoms with E-state index in [4.69, 9.17) is 4.74 Å². The average Bonchev–Trinajstić information content (AvgIpc) is 2.27. The lowest BCUT2D eigenvalue weighted by Crippen LogP contribution is -2.59. The molecule has 4 heteroatoms. The molecule has 100 valence electrons. The maximum Gasteiger partial charge on any atom is 0.323 e. The SMILES string of the molecule is CCOC(=O)C(CC)N1CC(C)N(C)C(C)C1. The summed E-state index contributed by atoms with van der Waals surface area (Å²) in [6, 6.07) is 0.901. The van der Waals surface area contributed by atoms with E-state index in [1.165, 1.54) is 0 Å². The molecule has 1 saturated heterocycles. The number of ether oxygens (including phenoxy) is 1. The van der Waals surface area contributed by atoms with Gasteiger partial charge in [-0.3, -0.25) is 14.6 Å². The van der Waals surface area contributed by atoms with Crippen molar-refractivity contribution in [2.75, 3.05) is 26.7 Å². The van der Waals surface area contributed by atoms with Gasteiger partial charge < -0.3 is 4.74 Å². The number of nitrogens with zero attached hydrogens (tertiary/aromatic N) is 2. The number of esters is 1. The minimum Gasteiger partial charge on any atom is -0.465 e. The Morgan fingerprint density at radius 3 is 2.24 bits per heavy atom. The molecule has 0 N–H and O–H groups in total. The molecule has 0 aromatic heterocycles. The maximum absolute atomic E-state index is 11.9. The molecule has 1 heterocycles. The molecule has 0 radical (unpaired) electrons. The molecule has 3 unspecified atom stereocenters. The molecule has 0 amide bonds. The van der Waals surface area contributed by atoms with Gasteiger partial charge in [-0.25, -0.2) is 0 Å². The second kappa shape index (κ2) is 6.36. The number of carbonyl (C=O) groups excluding carboxylic acids is 1. The van der Waals surface area contributed by atoms with Crippen LogP contribution in [0.25, 0.3) is 0 Å². The zero-order chi connectivity index (χ0) is 13.0. The highest BCUT2D eigenvalue weighted by atomic mass is 16.5. The van der Waals surface area contributed by atoms with Crippen molar-refractivity contribution in [3.8, 4) is 0 Å². The molecule has 0 saturated carbocycles. The van der Waals surface area contributed by atoms with Gasteiger partial charge in [0.15, 0.2) is 0 Å². The van der Waals surface area contributed by atoms with E-state index in [0.29, 0.717) is 18.7 Å². The van der Waals surface area contributed by atoms with Crippen molar-refractivity contribution < 1.29 is 9.53 Å². The second-order valence-corrected chi connectivity index (χ2v) is 4.99. The van der Waals surface area contributed by atoms with Crippen molar-refractivity contribution in [1.29, 1.82) is 0 Å². The Labute approximate surface area is 105 Å². The van der Waals surface area contributed by atoms with Crippen LogP contribution in [0.1, 0.15) is 34.1 Å². The summed E-state index contributed by atoms with van der Waals surface area (Å²) in [4.78, 5) is 16.5. The van der Waals surface area contributed by atoms with Gasteiger partial charge in [-0.05, 0) is 34.2 Å². The third-order valence-corrected chi connectivity index (χ3v) is 3.77. The zero-order valence-electron chi connectivity index (χ0n) is 11.8. The van der Waals surface area contributed by atoms with E-state index in [-0.39, 0.29) is 12.0 Å². The average molecular weight is 242 g/mol. The largest absolute Gasteiger partial charge is 0.465 e. The van der Waals surface area contributed by atoms with E-state index in [2.05, 4.69) is 37.6 Å². The van der Waals surface area contributed by atoms with E-state index < -0.39 is 0 Å². The fourth-order valence-corrected chi connectivity index (χ4v) is 2.51. The van der Waals surface area contributed by atoms with Gasteiger partial charge in [-0.2, -0.15) is 0 Å². The van der Waals surface area contributed by atoms with E-state index in [0.717, 1.165) is 19.5 Å². The Hall–Kier alpha value is -0.610. The molecule has 0 aliphatic carbocycles. The van der Waals surface area contributed by atoms with Gasteiger partial charge in [0.05, 0.1) is 6.61 Å². The first kappa shape index (κ1) is 14.5. The molecule has 0 bridgehead atoms. The van der Waals surface area contributed by atoms with Crippen molar-refractivity contribution in [3.05, 3.63) is 0 Å².